The van der Waals surface area contributed by atoms with Crippen molar-refractivity contribution < 1.29 is 0 Å². The van der Waals surface area contributed by atoms with Crippen LogP contribution in [-0.2, 0) is 0 Å². The van der Waals surface area contributed by atoms with Crippen molar-refractivity contribution in [2.24, 2.45) is 17.6 Å². The molecule has 0 amide bonds. The van der Waals surface area contributed by atoms with Gasteiger partial charge in [0.15, 0.2) is 0 Å². The summed E-state index contributed by atoms with van der Waals surface area (Å²) in [6, 6.07) is 0. The van der Waals surface area contributed by atoms with Gasteiger partial charge in [0.2, 0.25) is 0 Å². The lowest BCUT2D eigenvalue weighted by molar-refractivity contribution is 0.319. The Morgan fingerprint density at radius 3 is 1.59 bits per heavy atom. The highest BCUT2D eigenvalue weighted by Crippen LogP contribution is 2.25. The minimum absolute atomic E-state index is 0.784. The van der Waals surface area contributed by atoms with Crippen molar-refractivity contribution in [3.63, 3.8) is 0 Å². The summed E-state index contributed by atoms with van der Waals surface area (Å²) in [7, 11) is 0. The van der Waals surface area contributed by atoms with Crippen LogP contribution in [0.5, 0.6) is 0 Å². The molecule has 0 rings (SSSR count). The van der Waals surface area contributed by atoms with Crippen LogP contribution in [0.1, 0.15) is 117 Å². The molecule has 0 aromatic heterocycles. The normalized spacial score (nSPS) is 14.2. The first-order chi connectivity index (χ1) is 10.8. The fourth-order valence-corrected chi connectivity index (χ4v) is 3.54. The zero-order valence-corrected chi connectivity index (χ0v) is 16.0. The Morgan fingerprint density at radius 2 is 1.05 bits per heavy atom. The smallest absolute Gasteiger partial charge is 0.00488 e. The molecule has 0 bridgehead atoms. The highest BCUT2D eigenvalue weighted by Gasteiger charge is 2.13. The topological polar surface area (TPSA) is 26.0 Å². The van der Waals surface area contributed by atoms with Crippen LogP contribution in [0.3, 0.4) is 0 Å². The molecular formula is C21H45N. The maximum absolute atomic E-state index is 6.03. The van der Waals surface area contributed by atoms with Crippen LogP contribution in [0.15, 0.2) is 0 Å². The van der Waals surface area contributed by atoms with Gasteiger partial charge in [-0.2, -0.15) is 0 Å². The van der Waals surface area contributed by atoms with E-state index in [0.717, 1.165) is 18.4 Å². The van der Waals surface area contributed by atoms with Crippen LogP contribution >= 0.6 is 0 Å². The van der Waals surface area contributed by atoms with Crippen LogP contribution in [0.4, 0.5) is 0 Å². The van der Waals surface area contributed by atoms with Crippen LogP contribution < -0.4 is 5.73 Å². The lowest BCUT2D eigenvalue weighted by atomic mass is 9.86. The van der Waals surface area contributed by atoms with E-state index in [4.69, 9.17) is 5.73 Å². The summed E-state index contributed by atoms with van der Waals surface area (Å²) in [5.41, 5.74) is 6.03. The second kappa shape index (κ2) is 17.3. The molecule has 2 N–H and O–H groups in total. The van der Waals surface area contributed by atoms with Gasteiger partial charge in [0.25, 0.3) is 0 Å². The molecule has 0 radical (unpaired) electrons. The van der Waals surface area contributed by atoms with Crippen molar-refractivity contribution in [1.82, 2.24) is 0 Å². The zero-order chi connectivity index (χ0) is 16.5. The first-order valence-electron chi connectivity index (χ1n) is 10.5. The van der Waals surface area contributed by atoms with Gasteiger partial charge in [-0.15, -0.1) is 0 Å². The molecule has 0 fully saturated rings. The van der Waals surface area contributed by atoms with Crippen molar-refractivity contribution in [3.05, 3.63) is 0 Å². The Kier molecular flexibility index (Phi) is 17.3. The lowest BCUT2D eigenvalue weighted by Crippen LogP contribution is -2.18. The summed E-state index contributed by atoms with van der Waals surface area (Å²) in [4.78, 5) is 0. The predicted octanol–water partition coefficient (Wildman–Crippen LogP) is 7.09. The first kappa shape index (κ1) is 22.0. The molecule has 2 atom stereocenters. The number of hydrogen-bond donors (Lipinski definition) is 1. The van der Waals surface area contributed by atoms with Gasteiger partial charge in [0.05, 0.1) is 0 Å². The van der Waals surface area contributed by atoms with E-state index >= 15 is 0 Å². The van der Waals surface area contributed by atoms with Gasteiger partial charge in [-0.25, -0.2) is 0 Å². The Balaban J connectivity index is 3.63. The highest BCUT2D eigenvalue weighted by atomic mass is 14.5. The molecule has 2 unspecified atom stereocenters. The molecule has 0 aromatic rings. The summed E-state index contributed by atoms with van der Waals surface area (Å²) >= 11 is 0. The molecule has 0 saturated heterocycles. The minimum Gasteiger partial charge on any atom is -0.330 e. The Labute approximate surface area is 141 Å². The Hall–Kier alpha value is -0.0400. The van der Waals surface area contributed by atoms with Gasteiger partial charge in [0.1, 0.15) is 0 Å². The van der Waals surface area contributed by atoms with Gasteiger partial charge in [-0.1, -0.05) is 104 Å². The van der Waals surface area contributed by atoms with E-state index in [1.807, 2.05) is 0 Å². The average Bonchev–Trinajstić information content (AvgIpc) is 2.54. The molecule has 0 aromatic carbocycles. The van der Waals surface area contributed by atoms with E-state index in [1.165, 1.54) is 96.3 Å². The van der Waals surface area contributed by atoms with E-state index in [1.54, 1.807) is 0 Å². The van der Waals surface area contributed by atoms with Gasteiger partial charge in [-0.05, 0) is 31.2 Å². The maximum Gasteiger partial charge on any atom is -0.00488 e. The number of hydrogen-bond acceptors (Lipinski definition) is 1. The van der Waals surface area contributed by atoms with Crippen LogP contribution in [-0.4, -0.2) is 6.54 Å². The van der Waals surface area contributed by atoms with Gasteiger partial charge < -0.3 is 5.73 Å². The minimum atomic E-state index is 0.784. The van der Waals surface area contributed by atoms with Crippen molar-refractivity contribution >= 4 is 0 Å². The summed E-state index contributed by atoms with van der Waals surface area (Å²) < 4.78 is 0. The van der Waals surface area contributed by atoms with E-state index < -0.39 is 0 Å². The van der Waals surface area contributed by atoms with Crippen LogP contribution in [0.25, 0.3) is 0 Å². The monoisotopic (exact) mass is 311 g/mol. The number of unbranched alkanes of at least 4 members (excludes halogenated alkanes) is 9. The highest BCUT2D eigenvalue weighted by molar-refractivity contribution is 4.67. The van der Waals surface area contributed by atoms with E-state index in [-0.39, 0.29) is 0 Å². The Bertz CT molecular complexity index is 202. The fraction of sp³-hybridized carbons (Fsp3) is 1.00. The van der Waals surface area contributed by atoms with E-state index in [2.05, 4.69) is 20.8 Å². The Morgan fingerprint density at radius 1 is 0.591 bits per heavy atom. The largest absolute Gasteiger partial charge is 0.330 e. The standard InChI is InChI=1S/C21H45N/c1-4-7-9-10-11-12-13-15-17-21(19-22)18-20(6-3)16-14-8-5-2/h20-21H,4-19,22H2,1-3H3. The maximum atomic E-state index is 6.03. The quantitative estimate of drug-likeness (QED) is 0.285. The molecule has 0 aliphatic rings. The summed E-state index contributed by atoms with van der Waals surface area (Å²) in [6.45, 7) is 7.85. The third kappa shape index (κ3) is 13.6. The molecular weight excluding hydrogens is 266 g/mol. The second-order valence-electron chi connectivity index (χ2n) is 7.37. The summed E-state index contributed by atoms with van der Waals surface area (Å²) in [6.07, 6.45) is 21.1. The van der Waals surface area contributed by atoms with Crippen molar-refractivity contribution in [2.45, 2.75) is 117 Å². The molecule has 0 aliphatic carbocycles. The second-order valence-corrected chi connectivity index (χ2v) is 7.37. The third-order valence-electron chi connectivity index (χ3n) is 5.26. The van der Waals surface area contributed by atoms with E-state index in [0.29, 0.717) is 0 Å². The number of nitrogens with two attached hydrogens (primary N) is 1. The summed E-state index contributed by atoms with van der Waals surface area (Å²) in [5, 5.41) is 0. The predicted molar refractivity (Wildman–Crippen MR) is 102 cm³/mol. The molecule has 0 saturated carbocycles. The molecule has 0 heterocycles. The molecule has 134 valence electrons. The first-order valence-corrected chi connectivity index (χ1v) is 10.5. The fourth-order valence-electron chi connectivity index (χ4n) is 3.54. The summed E-state index contributed by atoms with van der Waals surface area (Å²) in [5.74, 6) is 1.71. The SMILES string of the molecule is CCCCCCCCCCC(CN)CC(CC)CCCCC. The van der Waals surface area contributed by atoms with Crippen LogP contribution in [0.2, 0.25) is 0 Å². The third-order valence-corrected chi connectivity index (χ3v) is 5.26. The van der Waals surface area contributed by atoms with E-state index in [9.17, 15) is 0 Å². The lowest BCUT2D eigenvalue weighted by Gasteiger charge is -2.21. The van der Waals surface area contributed by atoms with Gasteiger partial charge in [-0.3, -0.25) is 0 Å². The molecule has 1 heteroatoms. The van der Waals surface area contributed by atoms with Crippen molar-refractivity contribution in [2.75, 3.05) is 6.54 Å². The molecule has 22 heavy (non-hydrogen) atoms. The molecule has 1 nitrogen and oxygen atoms in total. The van der Waals surface area contributed by atoms with Crippen molar-refractivity contribution in [3.8, 4) is 0 Å². The zero-order valence-electron chi connectivity index (χ0n) is 16.0. The average molecular weight is 312 g/mol. The molecule has 0 aliphatic heterocycles. The number of rotatable bonds is 17. The molecule has 0 spiro atoms. The van der Waals surface area contributed by atoms with Gasteiger partial charge >= 0.3 is 0 Å². The van der Waals surface area contributed by atoms with Crippen LogP contribution in [0, 0.1) is 11.8 Å². The van der Waals surface area contributed by atoms with Crippen molar-refractivity contribution in [1.29, 1.82) is 0 Å². The van der Waals surface area contributed by atoms with Gasteiger partial charge in [0, 0.05) is 0 Å².